The number of hydrogen-bond donors (Lipinski definition) is 0. The molecule has 0 radical (unpaired) electrons. The normalized spacial score (nSPS) is 11.3. The van der Waals surface area contributed by atoms with Crippen LogP contribution in [-0.2, 0) is 11.3 Å². The minimum Gasteiger partial charge on any atom is -0.462 e. The van der Waals surface area contributed by atoms with E-state index in [1.807, 2.05) is 55.2 Å². The average molecular weight is 454 g/mol. The summed E-state index contributed by atoms with van der Waals surface area (Å²) in [5.74, 6) is -0.300. The van der Waals surface area contributed by atoms with Crippen LogP contribution in [0.3, 0.4) is 0 Å². The molecule has 0 N–H and O–H groups in total. The van der Waals surface area contributed by atoms with Crippen LogP contribution < -0.4 is 0 Å². The lowest BCUT2D eigenvalue weighted by atomic mass is 10.1. The Kier molecular flexibility index (Phi) is 6.12. The van der Waals surface area contributed by atoms with E-state index in [1.165, 1.54) is 0 Å². The van der Waals surface area contributed by atoms with Crippen LogP contribution in [0.5, 0.6) is 0 Å². The second-order valence-corrected chi connectivity index (χ2v) is 8.84. The summed E-state index contributed by atoms with van der Waals surface area (Å²) >= 11 is 7.99. The Morgan fingerprint density at radius 3 is 2.68 bits per heavy atom. The molecule has 0 aliphatic heterocycles. The molecule has 0 fully saturated rings. The minimum absolute atomic E-state index is 0.300. The van der Waals surface area contributed by atoms with Gasteiger partial charge in [0.25, 0.3) is 0 Å². The molecule has 0 unspecified atom stereocenters. The quantitative estimate of drug-likeness (QED) is 0.315. The number of rotatable bonds is 6. The van der Waals surface area contributed by atoms with Crippen LogP contribution in [0, 0.1) is 13.8 Å². The molecule has 160 valence electrons. The van der Waals surface area contributed by atoms with Crippen LogP contribution in [0.1, 0.15) is 35.5 Å². The van der Waals surface area contributed by atoms with E-state index in [1.54, 1.807) is 11.8 Å². The van der Waals surface area contributed by atoms with Crippen LogP contribution in [-0.4, -0.2) is 26.9 Å². The summed E-state index contributed by atoms with van der Waals surface area (Å²) in [6.45, 7) is 9.12. The Morgan fingerprint density at radius 1 is 1.16 bits per heavy atom. The number of benzene rings is 2. The molecular formula is C24H24ClN3O2S. The van der Waals surface area contributed by atoms with Gasteiger partial charge >= 0.3 is 5.97 Å². The second-order valence-electron chi connectivity index (χ2n) is 7.32. The molecular weight excluding hydrogens is 430 g/mol. The Morgan fingerprint density at radius 2 is 1.97 bits per heavy atom. The van der Waals surface area contributed by atoms with E-state index in [2.05, 4.69) is 35.6 Å². The zero-order valence-corrected chi connectivity index (χ0v) is 19.5. The lowest BCUT2D eigenvalue weighted by Crippen LogP contribution is -2.05. The van der Waals surface area contributed by atoms with E-state index in [-0.39, 0.29) is 5.97 Å². The molecule has 0 atom stereocenters. The van der Waals surface area contributed by atoms with Crippen LogP contribution in [0.25, 0.3) is 16.6 Å². The fraction of sp³-hybridized carbons (Fsp3) is 0.250. The molecule has 0 spiro atoms. The Hall–Kier alpha value is -2.70. The zero-order valence-electron chi connectivity index (χ0n) is 18.0. The van der Waals surface area contributed by atoms with E-state index in [4.69, 9.17) is 16.3 Å². The largest absolute Gasteiger partial charge is 0.462 e. The lowest BCUT2D eigenvalue weighted by Gasteiger charge is -2.08. The summed E-state index contributed by atoms with van der Waals surface area (Å²) < 4.78 is 9.29. The predicted octanol–water partition coefficient (Wildman–Crippen LogP) is 6.45. The van der Waals surface area contributed by atoms with Gasteiger partial charge in [-0.3, -0.25) is 4.68 Å². The third-order valence-corrected chi connectivity index (χ3v) is 6.52. The number of fused-ring (bicyclic) bond motifs is 1. The Labute approximate surface area is 191 Å². The molecule has 0 amide bonds. The zero-order chi connectivity index (χ0) is 22.1. The maximum Gasteiger partial charge on any atom is 0.338 e. The van der Waals surface area contributed by atoms with Crippen molar-refractivity contribution in [2.24, 2.45) is 0 Å². The monoisotopic (exact) mass is 453 g/mol. The lowest BCUT2D eigenvalue weighted by molar-refractivity contribution is 0.0526. The van der Waals surface area contributed by atoms with E-state index in [0.29, 0.717) is 17.2 Å². The van der Waals surface area contributed by atoms with Crippen molar-refractivity contribution >= 4 is 40.2 Å². The number of carbonyl (C=O) groups excluding carboxylic acids is 1. The van der Waals surface area contributed by atoms with Gasteiger partial charge in [0.1, 0.15) is 0 Å². The van der Waals surface area contributed by atoms with Crippen molar-refractivity contribution in [3.8, 4) is 5.69 Å². The standard InChI is InChI=1S/C24H24ClN3O2S/c1-5-27-14-19(13-26-27)28-16(4)23(21-8-7-18(25)12-22(21)28)31-20-10-15(3)9-17(11-20)24(29)30-6-2/h7-14H,5-6H2,1-4H3. The SMILES string of the molecule is CCOC(=O)c1cc(C)cc(Sc2c(C)n(-c3cnn(CC)c3)c3cc(Cl)ccc23)c1. The fourth-order valence-electron chi connectivity index (χ4n) is 3.72. The molecule has 4 rings (SSSR count). The molecule has 7 heteroatoms. The summed E-state index contributed by atoms with van der Waals surface area (Å²) in [5.41, 5.74) is 4.70. The number of carbonyl (C=O) groups is 1. The van der Waals surface area contributed by atoms with Crippen molar-refractivity contribution in [3.63, 3.8) is 0 Å². The Bertz CT molecular complexity index is 1280. The van der Waals surface area contributed by atoms with Gasteiger partial charge in [0.15, 0.2) is 0 Å². The molecule has 2 aromatic carbocycles. The van der Waals surface area contributed by atoms with E-state index < -0.39 is 0 Å². The van der Waals surface area contributed by atoms with Gasteiger partial charge in [0, 0.05) is 38.6 Å². The summed E-state index contributed by atoms with van der Waals surface area (Å²) in [7, 11) is 0. The predicted molar refractivity (Wildman–Crippen MR) is 126 cm³/mol. The first-order valence-corrected chi connectivity index (χ1v) is 11.4. The van der Waals surface area contributed by atoms with Crippen molar-refractivity contribution in [1.82, 2.24) is 14.3 Å². The average Bonchev–Trinajstić information content (AvgIpc) is 3.30. The molecule has 0 saturated heterocycles. The smallest absolute Gasteiger partial charge is 0.338 e. The molecule has 4 aromatic rings. The van der Waals surface area contributed by atoms with Gasteiger partial charge in [0.05, 0.1) is 29.6 Å². The Balaban J connectivity index is 1.84. The number of aromatic nitrogens is 3. The van der Waals surface area contributed by atoms with Crippen molar-refractivity contribution in [2.45, 2.75) is 44.0 Å². The molecule has 0 bridgehead atoms. The number of halogens is 1. The first-order valence-electron chi connectivity index (χ1n) is 10.2. The van der Waals surface area contributed by atoms with Gasteiger partial charge in [-0.1, -0.05) is 29.4 Å². The number of nitrogens with zero attached hydrogens (tertiary/aromatic N) is 3. The highest BCUT2D eigenvalue weighted by atomic mass is 35.5. The fourth-order valence-corrected chi connectivity index (χ4v) is 5.07. The van der Waals surface area contributed by atoms with E-state index in [0.717, 1.165) is 44.2 Å². The third kappa shape index (κ3) is 4.23. The van der Waals surface area contributed by atoms with Crippen molar-refractivity contribution in [3.05, 3.63) is 70.6 Å². The van der Waals surface area contributed by atoms with Crippen LogP contribution >= 0.6 is 23.4 Å². The van der Waals surface area contributed by atoms with Gasteiger partial charge in [-0.15, -0.1) is 0 Å². The summed E-state index contributed by atoms with van der Waals surface area (Å²) in [6.07, 6.45) is 3.91. The van der Waals surface area contributed by atoms with Crippen LogP contribution in [0.15, 0.2) is 58.6 Å². The molecule has 2 aromatic heterocycles. The van der Waals surface area contributed by atoms with Crippen LogP contribution in [0.4, 0.5) is 0 Å². The molecule has 0 aliphatic carbocycles. The van der Waals surface area contributed by atoms with Gasteiger partial charge in [-0.25, -0.2) is 4.79 Å². The molecule has 2 heterocycles. The van der Waals surface area contributed by atoms with Crippen molar-refractivity contribution < 1.29 is 9.53 Å². The maximum absolute atomic E-state index is 12.3. The highest BCUT2D eigenvalue weighted by Gasteiger charge is 2.19. The topological polar surface area (TPSA) is 49.1 Å². The summed E-state index contributed by atoms with van der Waals surface area (Å²) in [4.78, 5) is 14.4. The molecule has 5 nitrogen and oxygen atoms in total. The summed E-state index contributed by atoms with van der Waals surface area (Å²) in [6, 6.07) is 11.8. The summed E-state index contributed by atoms with van der Waals surface area (Å²) in [5, 5.41) is 6.23. The van der Waals surface area contributed by atoms with Gasteiger partial charge < -0.3 is 9.30 Å². The van der Waals surface area contributed by atoms with Gasteiger partial charge in [-0.05, 0) is 63.6 Å². The van der Waals surface area contributed by atoms with Crippen molar-refractivity contribution in [1.29, 1.82) is 0 Å². The second kappa shape index (κ2) is 8.81. The third-order valence-electron chi connectivity index (χ3n) is 5.09. The number of ether oxygens (including phenoxy) is 1. The number of esters is 1. The molecule has 0 saturated carbocycles. The van der Waals surface area contributed by atoms with Gasteiger partial charge in [-0.2, -0.15) is 5.10 Å². The van der Waals surface area contributed by atoms with E-state index in [9.17, 15) is 4.79 Å². The van der Waals surface area contributed by atoms with Gasteiger partial charge in [0.2, 0.25) is 0 Å². The maximum atomic E-state index is 12.3. The first-order chi connectivity index (χ1) is 14.9. The van der Waals surface area contributed by atoms with Crippen LogP contribution in [0.2, 0.25) is 5.02 Å². The minimum atomic E-state index is -0.300. The van der Waals surface area contributed by atoms with E-state index >= 15 is 0 Å². The molecule has 31 heavy (non-hydrogen) atoms. The molecule has 0 aliphatic rings. The number of hydrogen-bond acceptors (Lipinski definition) is 4. The highest BCUT2D eigenvalue weighted by molar-refractivity contribution is 7.99. The highest BCUT2D eigenvalue weighted by Crippen LogP contribution is 2.41. The number of aryl methyl sites for hydroxylation is 2. The van der Waals surface area contributed by atoms with Crippen molar-refractivity contribution in [2.75, 3.05) is 6.61 Å². The first kappa shape index (κ1) is 21.5.